The Labute approximate surface area is 161 Å². The summed E-state index contributed by atoms with van der Waals surface area (Å²) in [5.41, 5.74) is 1.45. The summed E-state index contributed by atoms with van der Waals surface area (Å²) in [4.78, 5) is 12.5. The topological polar surface area (TPSA) is 79.6 Å². The zero-order valence-corrected chi connectivity index (χ0v) is 16.9. The summed E-state index contributed by atoms with van der Waals surface area (Å²) in [5.74, 6) is -0.0912. The van der Waals surface area contributed by atoms with Crippen LogP contribution in [0.15, 0.2) is 44.3 Å². The number of carbonyl (C=O) groups is 1. The molecule has 1 N–H and O–H groups in total. The van der Waals surface area contributed by atoms with Gasteiger partial charge in [0.05, 0.1) is 4.90 Å². The number of sulfonamides is 1. The van der Waals surface area contributed by atoms with Gasteiger partial charge in [0, 0.05) is 25.2 Å². The molecule has 0 aliphatic carbocycles. The maximum absolute atomic E-state index is 12.8. The monoisotopic (exact) mass is 440 g/mol. The lowest BCUT2D eigenvalue weighted by Gasteiger charge is -2.26. The van der Waals surface area contributed by atoms with E-state index in [1.807, 2.05) is 0 Å². The van der Waals surface area contributed by atoms with E-state index in [4.69, 9.17) is 4.42 Å². The third kappa shape index (κ3) is 4.19. The Morgan fingerprint density at radius 1 is 1.23 bits per heavy atom. The van der Waals surface area contributed by atoms with Crippen LogP contribution in [-0.4, -0.2) is 31.7 Å². The Bertz CT molecular complexity index is 902. The van der Waals surface area contributed by atoms with Gasteiger partial charge in [-0.05, 0) is 59.5 Å². The van der Waals surface area contributed by atoms with Gasteiger partial charge in [0.2, 0.25) is 10.0 Å². The predicted molar refractivity (Wildman–Crippen MR) is 101 cm³/mol. The van der Waals surface area contributed by atoms with Gasteiger partial charge in [0.15, 0.2) is 10.4 Å². The number of nitrogens with one attached hydrogen (secondary N) is 1. The summed E-state index contributed by atoms with van der Waals surface area (Å²) in [5, 5.41) is 2.77. The van der Waals surface area contributed by atoms with Crippen LogP contribution < -0.4 is 5.32 Å². The molecule has 1 aromatic carbocycles. The summed E-state index contributed by atoms with van der Waals surface area (Å²) < 4.78 is 32.9. The molecule has 2 heterocycles. The molecule has 8 heteroatoms. The largest absolute Gasteiger partial charge is 0.444 e. The summed E-state index contributed by atoms with van der Waals surface area (Å²) >= 11 is 3.20. The van der Waals surface area contributed by atoms with Crippen molar-refractivity contribution in [1.29, 1.82) is 0 Å². The van der Waals surface area contributed by atoms with Crippen LogP contribution in [0.3, 0.4) is 0 Å². The maximum atomic E-state index is 12.8. The van der Waals surface area contributed by atoms with E-state index in [1.165, 1.54) is 4.31 Å². The Kier molecular flexibility index (Phi) is 5.84. The summed E-state index contributed by atoms with van der Waals surface area (Å²) in [6.07, 6.45) is 2.86. The minimum Gasteiger partial charge on any atom is -0.444 e. The molecule has 0 radical (unpaired) electrons. The first-order valence-electron chi connectivity index (χ1n) is 8.51. The minimum absolute atomic E-state index is 0.222. The van der Waals surface area contributed by atoms with Crippen LogP contribution in [0.25, 0.3) is 0 Å². The zero-order chi connectivity index (χ0) is 18.7. The van der Waals surface area contributed by atoms with Gasteiger partial charge in [-0.25, -0.2) is 8.42 Å². The second-order valence-corrected chi connectivity index (χ2v) is 9.08. The van der Waals surface area contributed by atoms with Gasteiger partial charge >= 0.3 is 0 Å². The third-order valence-electron chi connectivity index (χ3n) is 4.40. The van der Waals surface area contributed by atoms with Gasteiger partial charge < -0.3 is 9.73 Å². The lowest BCUT2D eigenvalue weighted by molar-refractivity contribution is 0.0921. The summed E-state index contributed by atoms with van der Waals surface area (Å²) in [6, 6.07) is 8.44. The normalized spacial score (nSPS) is 15.8. The van der Waals surface area contributed by atoms with Crippen LogP contribution in [0, 0.1) is 6.92 Å². The highest BCUT2D eigenvalue weighted by Gasteiger charge is 2.26. The van der Waals surface area contributed by atoms with E-state index < -0.39 is 10.0 Å². The van der Waals surface area contributed by atoms with Crippen LogP contribution in [0.4, 0.5) is 0 Å². The van der Waals surface area contributed by atoms with E-state index in [0.717, 1.165) is 30.4 Å². The Balaban J connectivity index is 1.71. The fourth-order valence-electron chi connectivity index (χ4n) is 3.00. The predicted octanol–water partition coefficient (Wildman–Crippen LogP) is 3.46. The van der Waals surface area contributed by atoms with Gasteiger partial charge in [-0.2, -0.15) is 4.31 Å². The molecular formula is C18H21BrN2O4S. The molecular weight excluding hydrogens is 420 g/mol. The van der Waals surface area contributed by atoms with Crippen molar-refractivity contribution in [2.75, 3.05) is 13.1 Å². The number of halogens is 1. The molecule has 0 atom stereocenters. The molecule has 1 fully saturated rings. The Hall–Kier alpha value is -1.64. The Morgan fingerprint density at radius 2 is 1.96 bits per heavy atom. The number of amides is 1. The standard InChI is InChI=1S/C18H21BrN2O4S/c1-13-10-16(19)25-17(13)18(22)20-12-14-6-5-7-15(11-14)26(23,24)21-8-3-2-4-9-21/h5-7,10-11H,2-4,8-9,12H2,1H3,(H,20,22). The number of hydrogen-bond donors (Lipinski definition) is 1. The molecule has 1 aromatic heterocycles. The van der Waals surface area contributed by atoms with Crippen LogP contribution in [0.1, 0.15) is 40.9 Å². The van der Waals surface area contributed by atoms with Crippen molar-refractivity contribution >= 4 is 31.9 Å². The molecule has 0 saturated carbocycles. The van der Waals surface area contributed by atoms with Gasteiger partial charge in [-0.15, -0.1) is 0 Å². The quantitative estimate of drug-likeness (QED) is 0.771. The van der Waals surface area contributed by atoms with Crippen LogP contribution in [-0.2, 0) is 16.6 Å². The lowest BCUT2D eigenvalue weighted by atomic mass is 10.2. The minimum atomic E-state index is -3.48. The highest BCUT2D eigenvalue weighted by Crippen LogP contribution is 2.22. The molecule has 0 bridgehead atoms. The number of piperidine rings is 1. The van der Waals surface area contributed by atoms with Crippen molar-refractivity contribution in [2.45, 2.75) is 37.6 Å². The summed E-state index contributed by atoms with van der Waals surface area (Å²) in [6.45, 7) is 3.14. The fourth-order valence-corrected chi connectivity index (χ4v) is 5.09. The van der Waals surface area contributed by atoms with Crippen LogP contribution in [0.5, 0.6) is 0 Å². The molecule has 1 aliphatic heterocycles. The van der Waals surface area contributed by atoms with Crippen LogP contribution >= 0.6 is 15.9 Å². The van der Waals surface area contributed by atoms with Gasteiger partial charge in [0.1, 0.15) is 0 Å². The highest BCUT2D eigenvalue weighted by molar-refractivity contribution is 9.10. The molecule has 26 heavy (non-hydrogen) atoms. The van der Waals surface area contributed by atoms with E-state index in [1.54, 1.807) is 37.3 Å². The van der Waals surface area contributed by atoms with Gasteiger partial charge in [-0.1, -0.05) is 18.6 Å². The second-order valence-electron chi connectivity index (χ2n) is 6.36. The van der Waals surface area contributed by atoms with E-state index in [9.17, 15) is 13.2 Å². The molecule has 2 aromatic rings. The van der Waals surface area contributed by atoms with Crippen molar-refractivity contribution in [3.8, 4) is 0 Å². The number of carbonyl (C=O) groups excluding carboxylic acids is 1. The first kappa shape index (κ1) is 19.1. The first-order chi connectivity index (χ1) is 12.4. The zero-order valence-electron chi connectivity index (χ0n) is 14.5. The van der Waals surface area contributed by atoms with Crippen molar-refractivity contribution in [2.24, 2.45) is 0 Å². The molecule has 6 nitrogen and oxygen atoms in total. The van der Waals surface area contributed by atoms with E-state index in [0.29, 0.717) is 17.8 Å². The van der Waals surface area contributed by atoms with Gasteiger partial charge in [0.25, 0.3) is 5.91 Å². The van der Waals surface area contributed by atoms with Gasteiger partial charge in [-0.3, -0.25) is 4.79 Å². The van der Waals surface area contributed by atoms with Crippen molar-refractivity contribution in [3.05, 3.63) is 51.9 Å². The summed E-state index contributed by atoms with van der Waals surface area (Å²) in [7, 11) is -3.48. The number of rotatable bonds is 5. The maximum Gasteiger partial charge on any atom is 0.287 e. The molecule has 1 saturated heterocycles. The third-order valence-corrected chi connectivity index (χ3v) is 6.68. The van der Waals surface area contributed by atoms with E-state index in [2.05, 4.69) is 21.2 Å². The average Bonchev–Trinajstić information content (AvgIpc) is 2.99. The molecule has 0 spiro atoms. The average molecular weight is 441 g/mol. The number of aryl methyl sites for hydroxylation is 1. The number of furan rings is 1. The molecule has 1 aliphatic rings. The van der Waals surface area contributed by atoms with E-state index >= 15 is 0 Å². The molecule has 1 amide bonds. The number of nitrogens with zero attached hydrogens (tertiary/aromatic N) is 1. The van der Waals surface area contributed by atoms with Crippen LogP contribution in [0.2, 0.25) is 0 Å². The van der Waals surface area contributed by atoms with Crippen molar-refractivity contribution in [3.63, 3.8) is 0 Å². The molecule has 3 rings (SSSR count). The molecule has 0 unspecified atom stereocenters. The SMILES string of the molecule is Cc1cc(Br)oc1C(=O)NCc1cccc(S(=O)(=O)N2CCCCC2)c1. The van der Waals surface area contributed by atoms with Crippen molar-refractivity contribution in [1.82, 2.24) is 9.62 Å². The molecule has 140 valence electrons. The fraction of sp³-hybridized carbons (Fsp3) is 0.389. The Morgan fingerprint density at radius 3 is 2.62 bits per heavy atom. The van der Waals surface area contributed by atoms with E-state index in [-0.39, 0.29) is 23.1 Å². The lowest BCUT2D eigenvalue weighted by Crippen LogP contribution is -2.35. The smallest absolute Gasteiger partial charge is 0.287 e. The number of benzene rings is 1. The second kappa shape index (κ2) is 7.94. The number of hydrogen-bond acceptors (Lipinski definition) is 4. The van der Waals surface area contributed by atoms with Crippen molar-refractivity contribution < 1.29 is 17.6 Å². The first-order valence-corrected chi connectivity index (χ1v) is 10.7. The highest BCUT2D eigenvalue weighted by atomic mass is 79.9.